The van der Waals surface area contributed by atoms with Crippen molar-refractivity contribution in [1.29, 1.82) is 0 Å². The monoisotopic (exact) mass is 778 g/mol. The average Bonchev–Trinajstić information content (AvgIpc) is 3.90. The average molecular weight is 779 g/mol. The minimum Gasteiger partial charge on any atom is -0.444 e. The fourth-order valence-corrected chi connectivity index (χ4v) is 6.81. The van der Waals surface area contributed by atoms with Gasteiger partial charge in [0.25, 0.3) is 0 Å². The van der Waals surface area contributed by atoms with Crippen LogP contribution in [0.25, 0.3) is 71.0 Å². The van der Waals surface area contributed by atoms with E-state index in [1.807, 2.05) is 24.4 Å². The van der Waals surface area contributed by atoms with Crippen LogP contribution in [0.4, 0.5) is 0 Å². The molecular formula is C37H21N5OPtS. The van der Waals surface area contributed by atoms with Gasteiger partial charge in [0, 0.05) is 39.8 Å². The summed E-state index contributed by atoms with van der Waals surface area (Å²) >= 11 is 1.68. The van der Waals surface area contributed by atoms with Crippen molar-refractivity contribution in [1.82, 2.24) is 19.5 Å². The van der Waals surface area contributed by atoms with Crippen LogP contribution in [0.15, 0.2) is 125 Å². The summed E-state index contributed by atoms with van der Waals surface area (Å²) in [6, 6.07) is 36.7. The summed E-state index contributed by atoms with van der Waals surface area (Å²) in [6.07, 6.45) is 9.70. The molecule has 1 aliphatic rings. The van der Waals surface area contributed by atoms with Gasteiger partial charge in [-0.2, -0.15) is 11.3 Å². The molecule has 0 amide bonds. The third-order valence-corrected chi connectivity index (χ3v) is 9.00. The van der Waals surface area contributed by atoms with E-state index in [0.29, 0.717) is 5.89 Å². The number of benzene rings is 4. The van der Waals surface area contributed by atoms with E-state index in [2.05, 4.69) is 94.5 Å². The number of hydrogen-bond donors (Lipinski definition) is 0. The van der Waals surface area contributed by atoms with E-state index in [1.54, 1.807) is 30.0 Å². The zero-order valence-electron chi connectivity index (χ0n) is 23.5. The molecule has 0 spiro atoms. The number of pyridine rings is 1. The molecule has 0 bridgehead atoms. The van der Waals surface area contributed by atoms with Gasteiger partial charge >= 0.3 is 21.1 Å². The largest absolute Gasteiger partial charge is 2.00 e. The van der Waals surface area contributed by atoms with Gasteiger partial charge in [-0.05, 0) is 40.5 Å². The third kappa shape index (κ3) is 4.67. The van der Waals surface area contributed by atoms with E-state index < -0.39 is 0 Å². The molecule has 4 aromatic heterocycles. The number of hydrogen-bond acceptors (Lipinski definition) is 6. The zero-order valence-corrected chi connectivity index (χ0v) is 26.6. The summed E-state index contributed by atoms with van der Waals surface area (Å²) < 4.78 is 8.88. The first-order chi connectivity index (χ1) is 21.8. The number of rotatable bonds is 5. The zero-order chi connectivity index (χ0) is 29.0. The number of allylic oxidation sites excluding steroid dienone is 1. The van der Waals surface area contributed by atoms with Crippen molar-refractivity contribution in [3.05, 3.63) is 134 Å². The van der Waals surface area contributed by atoms with Crippen LogP contribution < -0.4 is 0 Å². The SMILES string of the molecule is [Pt+2].[c-]1c(-c2ccc(-c3ncco3)cn2)ccc(C2=NC=CC2)c1-n1c2[c-]c(-c3nc4ccccc4s3)ccc2c2ccccc21. The Morgan fingerprint density at radius 1 is 0.822 bits per heavy atom. The van der Waals surface area contributed by atoms with Gasteiger partial charge in [-0.3, -0.25) is 9.98 Å². The van der Waals surface area contributed by atoms with Gasteiger partial charge in [0.15, 0.2) is 0 Å². The molecule has 0 atom stereocenters. The van der Waals surface area contributed by atoms with Crippen LogP contribution in [-0.2, 0) is 21.1 Å². The fraction of sp³-hybridized carbons (Fsp3) is 0.0270. The van der Waals surface area contributed by atoms with Crippen LogP contribution in [0.2, 0.25) is 0 Å². The Bertz CT molecular complexity index is 2390. The van der Waals surface area contributed by atoms with E-state index in [0.717, 1.165) is 82.8 Å². The summed E-state index contributed by atoms with van der Waals surface area (Å²) in [5.41, 5.74) is 9.45. The Hall–Kier alpha value is -4.97. The van der Waals surface area contributed by atoms with Crippen LogP contribution in [-0.4, -0.2) is 25.2 Å². The molecule has 5 heterocycles. The molecule has 0 unspecified atom stereocenters. The molecule has 9 rings (SSSR count). The number of para-hydroxylation sites is 2. The Morgan fingerprint density at radius 3 is 2.53 bits per heavy atom. The molecule has 0 aliphatic carbocycles. The minimum atomic E-state index is 0. The summed E-state index contributed by atoms with van der Waals surface area (Å²) in [6.45, 7) is 0. The summed E-state index contributed by atoms with van der Waals surface area (Å²) in [7, 11) is 0. The first-order valence-corrected chi connectivity index (χ1v) is 15.1. The molecule has 0 N–H and O–H groups in total. The van der Waals surface area contributed by atoms with Crippen LogP contribution >= 0.6 is 11.3 Å². The van der Waals surface area contributed by atoms with Crippen LogP contribution in [0.1, 0.15) is 12.0 Å². The normalized spacial score (nSPS) is 12.7. The van der Waals surface area contributed by atoms with Gasteiger partial charge in [-0.15, -0.1) is 47.5 Å². The quantitative estimate of drug-likeness (QED) is 0.164. The van der Waals surface area contributed by atoms with Crippen molar-refractivity contribution < 1.29 is 25.5 Å². The standard InChI is InChI=1S/C37H21N5OS.Pt/c1-3-9-32-26(6-1)27-14-12-24(37-41-31-7-2-4-10-35(31)44-37)21-33(27)42(32)34-20-23(11-15-28(34)30-8-5-17-38-30)29-16-13-25(22-40-29)36-39-18-19-43-36;/h1-7,9-19,22H,8H2;/q-2;+2. The Labute approximate surface area is 276 Å². The molecule has 0 radical (unpaired) electrons. The number of oxazole rings is 1. The molecule has 0 saturated heterocycles. The maximum absolute atomic E-state index is 5.46. The molecule has 1 aliphatic heterocycles. The van der Waals surface area contributed by atoms with Crippen molar-refractivity contribution >= 4 is 49.1 Å². The van der Waals surface area contributed by atoms with Crippen LogP contribution in [0.3, 0.4) is 0 Å². The minimum absolute atomic E-state index is 0. The summed E-state index contributed by atoms with van der Waals surface area (Å²) in [5.74, 6) is 0.542. The first-order valence-electron chi connectivity index (χ1n) is 14.3. The van der Waals surface area contributed by atoms with Gasteiger partial charge < -0.3 is 14.0 Å². The maximum atomic E-state index is 5.46. The molecule has 6 nitrogen and oxygen atoms in total. The van der Waals surface area contributed by atoms with E-state index in [1.165, 1.54) is 0 Å². The molecule has 45 heavy (non-hydrogen) atoms. The summed E-state index contributed by atoms with van der Waals surface area (Å²) in [5, 5.41) is 3.22. The number of fused-ring (bicyclic) bond motifs is 4. The number of nitrogens with zero attached hydrogens (tertiary/aromatic N) is 5. The van der Waals surface area contributed by atoms with Gasteiger partial charge in [-0.25, -0.2) is 4.98 Å². The Morgan fingerprint density at radius 2 is 1.71 bits per heavy atom. The Balaban J connectivity index is 0.00000300. The van der Waals surface area contributed by atoms with Crippen molar-refractivity contribution in [2.75, 3.05) is 0 Å². The second-order valence-electron chi connectivity index (χ2n) is 10.5. The molecule has 0 fully saturated rings. The van der Waals surface area contributed by atoms with E-state index in [9.17, 15) is 0 Å². The molecule has 8 heteroatoms. The van der Waals surface area contributed by atoms with Crippen molar-refractivity contribution in [3.8, 4) is 39.0 Å². The van der Waals surface area contributed by atoms with Crippen molar-refractivity contribution in [2.45, 2.75) is 6.42 Å². The molecular weight excluding hydrogens is 758 g/mol. The van der Waals surface area contributed by atoms with E-state index in [4.69, 9.17) is 19.4 Å². The third-order valence-electron chi connectivity index (χ3n) is 7.93. The smallest absolute Gasteiger partial charge is 0.444 e. The molecule has 216 valence electrons. The second-order valence-corrected chi connectivity index (χ2v) is 11.6. The predicted octanol–water partition coefficient (Wildman–Crippen LogP) is 9.08. The molecule has 4 aromatic carbocycles. The number of aromatic nitrogens is 4. The van der Waals surface area contributed by atoms with Crippen molar-refractivity contribution in [3.63, 3.8) is 0 Å². The number of thiazole rings is 1. The van der Waals surface area contributed by atoms with E-state index in [-0.39, 0.29) is 21.1 Å². The van der Waals surface area contributed by atoms with Gasteiger partial charge in [-0.1, -0.05) is 59.5 Å². The molecule has 0 saturated carbocycles. The second kappa shape index (κ2) is 11.2. The Kier molecular flexibility index (Phi) is 6.85. The molecule has 8 aromatic rings. The topological polar surface area (TPSA) is 69.1 Å². The van der Waals surface area contributed by atoms with Crippen molar-refractivity contribution in [2.24, 2.45) is 4.99 Å². The number of aliphatic imine (C=N–C) groups is 1. The fourth-order valence-electron chi connectivity index (χ4n) is 5.86. The van der Waals surface area contributed by atoms with Gasteiger partial charge in [0.05, 0.1) is 17.3 Å². The first kappa shape index (κ1) is 27.6. The van der Waals surface area contributed by atoms with Crippen LogP contribution in [0.5, 0.6) is 0 Å². The van der Waals surface area contributed by atoms with Gasteiger partial charge in [0.2, 0.25) is 5.89 Å². The van der Waals surface area contributed by atoms with Gasteiger partial charge in [0.1, 0.15) is 6.26 Å². The summed E-state index contributed by atoms with van der Waals surface area (Å²) in [4.78, 5) is 18.7. The maximum Gasteiger partial charge on any atom is 2.00 e. The van der Waals surface area contributed by atoms with Crippen LogP contribution in [0, 0.1) is 12.1 Å². The van der Waals surface area contributed by atoms with E-state index >= 15 is 0 Å². The predicted molar refractivity (Wildman–Crippen MR) is 176 cm³/mol.